The van der Waals surface area contributed by atoms with E-state index in [1.807, 2.05) is 0 Å². The highest BCUT2D eigenvalue weighted by Gasteiger charge is 2.25. The molecule has 1 aromatic rings. The molecule has 5 heteroatoms. The molecule has 12 heavy (non-hydrogen) atoms. The lowest BCUT2D eigenvalue weighted by atomic mass is 10.3. The number of hydrogen-bond acceptors (Lipinski definition) is 4. The molecule has 0 fully saturated rings. The van der Waals surface area contributed by atoms with E-state index in [1.54, 1.807) is 13.2 Å². The SMILES string of the molecule is CN1C(=O)Cc2cnc(N)nc21. The summed E-state index contributed by atoms with van der Waals surface area (Å²) in [4.78, 5) is 20.4. The van der Waals surface area contributed by atoms with Gasteiger partial charge in [0.2, 0.25) is 11.9 Å². The number of hydrogen-bond donors (Lipinski definition) is 1. The number of fused-ring (bicyclic) bond motifs is 1. The third-order valence-electron chi connectivity index (χ3n) is 1.89. The molecule has 0 bridgehead atoms. The van der Waals surface area contributed by atoms with Gasteiger partial charge in [0, 0.05) is 18.8 Å². The van der Waals surface area contributed by atoms with Gasteiger partial charge in [0.15, 0.2) is 0 Å². The molecule has 0 radical (unpaired) electrons. The highest BCUT2D eigenvalue weighted by Crippen LogP contribution is 2.24. The molecular weight excluding hydrogens is 156 g/mol. The van der Waals surface area contributed by atoms with Crippen molar-refractivity contribution in [3.8, 4) is 0 Å². The molecule has 0 unspecified atom stereocenters. The summed E-state index contributed by atoms with van der Waals surface area (Å²) in [6.45, 7) is 0. The van der Waals surface area contributed by atoms with Crippen molar-refractivity contribution in [2.75, 3.05) is 17.7 Å². The number of nitrogen functional groups attached to an aromatic ring is 1. The largest absolute Gasteiger partial charge is 0.368 e. The Morgan fingerprint density at radius 3 is 3.17 bits per heavy atom. The summed E-state index contributed by atoms with van der Waals surface area (Å²) in [7, 11) is 1.68. The molecule has 1 aliphatic rings. The quantitative estimate of drug-likeness (QED) is 0.565. The Labute approximate surface area is 69.2 Å². The molecule has 0 aliphatic carbocycles. The number of rotatable bonds is 0. The van der Waals surface area contributed by atoms with E-state index in [2.05, 4.69) is 9.97 Å². The van der Waals surface area contributed by atoms with Crippen LogP contribution in [0.25, 0.3) is 0 Å². The fourth-order valence-corrected chi connectivity index (χ4v) is 1.23. The number of carbonyl (C=O) groups is 1. The van der Waals surface area contributed by atoms with E-state index < -0.39 is 0 Å². The molecule has 1 aromatic heterocycles. The van der Waals surface area contributed by atoms with Crippen LogP contribution in [0.1, 0.15) is 5.56 Å². The van der Waals surface area contributed by atoms with Crippen molar-refractivity contribution >= 4 is 17.7 Å². The van der Waals surface area contributed by atoms with Crippen LogP contribution in [0.3, 0.4) is 0 Å². The monoisotopic (exact) mass is 164 g/mol. The van der Waals surface area contributed by atoms with Crippen molar-refractivity contribution in [2.24, 2.45) is 0 Å². The van der Waals surface area contributed by atoms with E-state index in [1.165, 1.54) is 4.90 Å². The Kier molecular flexibility index (Phi) is 1.27. The second kappa shape index (κ2) is 2.17. The van der Waals surface area contributed by atoms with Gasteiger partial charge in [-0.05, 0) is 0 Å². The second-order valence-electron chi connectivity index (χ2n) is 2.71. The van der Waals surface area contributed by atoms with E-state index in [-0.39, 0.29) is 11.9 Å². The van der Waals surface area contributed by atoms with Gasteiger partial charge in [-0.15, -0.1) is 0 Å². The molecule has 0 saturated heterocycles. The van der Waals surface area contributed by atoms with Crippen LogP contribution in [0, 0.1) is 0 Å². The van der Waals surface area contributed by atoms with Gasteiger partial charge < -0.3 is 5.73 Å². The zero-order valence-electron chi connectivity index (χ0n) is 6.61. The van der Waals surface area contributed by atoms with Crippen LogP contribution in [0.4, 0.5) is 11.8 Å². The lowest BCUT2D eigenvalue weighted by molar-refractivity contribution is -0.117. The maximum atomic E-state index is 11.2. The zero-order valence-corrected chi connectivity index (χ0v) is 6.61. The molecular formula is C7H8N4O. The Bertz CT molecular complexity index is 349. The van der Waals surface area contributed by atoms with Crippen molar-refractivity contribution in [3.63, 3.8) is 0 Å². The van der Waals surface area contributed by atoms with Crippen molar-refractivity contribution in [1.29, 1.82) is 0 Å². The molecule has 0 saturated carbocycles. The minimum atomic E-state index is 0.0323. The molecule has 62 valence electrons. The lowest BCUT2D eigenvalue weighted by Crippen LogP contribution is -2.21. The first-order valence-electron chi connectivity index (χ1n) is 3.56. The smallest absolute Gasteiger partial charge is 0.232 e. The Hall–Kier alpha value is -1.65. The number of aromatic nitrogens is 2. The summed E-state index contributed by atoms with van der Waals surface area (Å²) in [5.74, 6) is 0.868. The topological polar surface area (TPSA) is 72.1 Å². The molecule has 2 N–H and O–H groups in total. The Morgan fingerprint density at radius 2 is 2.42 bits per heavy atom. The van der Waals surface area contributed by atoms with Gasteiger partial charge in [0.25, 0.3) is 0 Å². The molecule has 0 spiro atoms. The lowest BCUT2D eigenvalue weighted by Gasteiger charge is -2.07. The highest BCUT2D eigenvalue weighted by atomic mass is 16.2. The Balaban J connectivity index is 2.55. The predicted molar refractivity (Wildman–Crippen MR) is 43.6 cm³/mol. The summed E-state index contributed by atoms with van der Waals surface area (Å²) in [5.41, 5.74) is 6.22. The van der Waals surface area contributed by atoms with Gasteiger partial charge >= 0.3 is 0 Å². The van der Waals surface area contributed by atoms with Gasteiger partial charge in [-0.25, -0.2) is 4.98 Å². The van der Waals surface area contributed by atoms with E-state index >= 15 is 0 Å². The fraction of sp³-hybridized carbons (Fsp3) is 0.286. The first-order valence-corrected chi connectivity index (χ1v) is 3.56. The standard InChI is InChI=1S/C7H8N4O/c1-11-5(12)2-4-3-9-7(8)10-6(4)11/h3H,2H2,1H3,(H2,8,9,10). The minimum Gasteiger partial charge on any atom is -0.368 e. The number of likely N-dealkylation sites (N-methyl/N-ethyl adjacent to an activating group) is 1. The maximum absolute atomic E-state index is 11.2. The van der Waals surface area contributed by atoms with Crippen molar-refractivity contribution in [2.45, 2.75) is 6.42 Å². The van der Waals surface area contributed by atoms with Crippen molar-refractivity contribution in [1.82, 2.24) is 9.97 Å². The van der Waals surface area contributed by atoms with E-state index in [0.717, 1.165) is 5.56 Å². The van der Waals surface area contributed by atoms with E-state index in [0.29, 0.717) is 12.2 Å². The van der Waals surface area contributed by atoms with Crippen LogP contribution in [0.5, 0.6) is 0 Å². The normalized spacial score (nSPS) is 15.1. The molecule has 1 aliphatic heterocycles. The van der Waals surface area contributed by atoms with Crippen molar-refractivity contribution in [3.05, 3.63) is 11.8 Å². The summed E-state index contributed by atoms with van der Waals surface area (Å²) in [6, 6.07) is 0. The molecule has 2 heterocycles. The summed E-state index contributed by atoms with van der Waals surface area (Å²) >= 11 is 0. The third-order valence-corrected chi connectivity index (χ3v) is 1.89. The van der Waals surface area contributed by atoms with Crippen LogP contribution in [-0.2, 0) is 11.2 Å². The zero-order chi connectivity index (χ0) is 8.72. The maximum Gasteiger partial charge on any atom is 0.232 e. The number of amides is 1. The Morgan fingerprint density at radius 1 is 1.67 bits per heavy atom. The number of nitrogens with zero attached hydrogens (tertiary/aromatic N) is 3. The molecule has 2 rings (SSSR count). The van der Waals surface area contributed by atoms with Gasteiger partial charge in [0.1, 0.15) is 5.82 Å². The summed E-state index contributed by atoms with van der Waals surface area (Å²) < 4.78 is 0. The summed E-state index contributed by atoms with van der Waals surface area (Å²) in [6.07, 6.45) is 1.98. The third kappa shape index (κ3) is 0.827. The van der Waals surface area contributed by atoms with Gasteiger partial charge in [-0.1, -0.05) is 0 Å². The van der Waals surface area contributed by atoms with Crippen LogP contribution in [0.15, 0.2) is 6.20 Å². The van der Waals surface area contributed by atoms with Crippen LogP contribution >= 0.6 is 0 Å². The highest BCUT2D eigenvalue weighted by molar-refractivity contribution is 5.99. The molecule has 5 nitrogen and oxygen atoms in total. The minimum absolute atomic E-state index is 0.0323. The van der Waals surface area contributed by atoms with Crippen LogP contribution in [0.2, 0.25) is 0 Å². The van der Waals surface area contributed by atoms with Crippen LogP contribution in [-0.4, -0.2) is 22.9 Å². The average Bonchev–Trinajstić information content (AvgIpc) is 2.31. The predicted octanol–water partition coefficient (Wildman–Crippen LogP) is -0.422. The van der Waals surface area contributed by atoms with E-state index in [9.17, 15) is 4.79 Å². The molecule has 1 amide bonds. The van der Waals surface area contributed by atoms with E-state index in [4.69, 9.17) is 5.73 Å². The first kappa shape index (κ1) is 7.02. The second-order valence-corrected chi connectivity index (χ2v) is 2.71. The van der Waals surface area contributed by atoms with Gasteiger partial charge in [0.05, 0.1) is 6.42 Å². The van der Waals surface area contributed by atoms with Gasteiger partial charge in [-0.3, -0.25) is 9.69 Å². The first-order chi connectivity index (χ1) is 5.68. The molecule has 0 aromatic carbocycles. The number of carbonyl (C=O) groups excluding carboxylic acids is 1. The number of anilines is 2. The average molecular weight is 164 g/mol. The van der Waals surface area contributed by atoms with Crippen molar-refractivity contribution < 1.29 is 4.79 Å². The summed E-state index contributed by atoms with van der Waals surface area (Å²) in [5, 5.41) is 0. The van der Waals surface area contributed by atoms with Crippen LogP contribution < -0.4 is 10.6 Å². The van der Waals surface area contributed by atoms with Gasteiger partial charge in [-0.2, -0.15) is 4.98 Å². The molecule has 0 atom stereocenters. The fourth-order valence-electron chi connectivity index (χ4n) is 1.23. The number of nitrogens with two attached hydrogens (primary N) is 1.